The molecule has 4 nitrogen and oxygen atoms in total. The molecule has 0 aliphatic carbocycles. The molecule has 0 heterocycles. The van der Waals surface area contributed by atoms with Crippen molar-refractivity contribution < 1.29 is 19.8 Å². The maximum atomic E-state index is 11.3. The maximum absolute atomic E-state index is 11.3. The van der Waals surface area contributed by atoms with Crippen molar-refractivity contribution in [2.75, 3.05) is 0 Å². The van der Waals surface area contributed by atoms with Crippen molar-refractivity contribution in [2.24, 2.45) is 0 Å². The Hall–Kier alpha value is -4.96. The lowest BCUT2D eigenvalue weighted by Gasteiger charge is -2.08. The van der Waals surface area contributed by atoms with E-state index in [2.05, 4.69) is 38.2 Å². The molecule has 0 aliphatic rings. The van der Waals surface area contributed by atoms with Gasteiger partial charge < -0.3 is 10.2 Å². The summed E-state index contributed by atoms with van der Waals surface area (Å²) in [5.74, 6) is -1.80. The van der Waals surface area contributed by atoms with E-state index in [0.29, 0.717) is 11.1 Å². The molecule has 0 unspecified atom stereocenters. The Morgan fingerprint density at radius 2 is 0.795 bits per heavy atom. The quantitative estimate of drug-likeness (QED) is 0.242. The zero-order valence-corrected chi connectivity index (χ0v) is 27.1. The van der Waals surface area contributed by atoms with Crippen LogP contribution in [-0.2, 0) is 0 Å². The molecule has 0 atom stereocenters. The Morgan fingerprint density at radius 1 is 0.477 bits per heavy atom. The summed E-state index contributed by atoms with van der Waals surface area (Å²) in [7, 11) is 0. The van der Waals surface area contributed by atoms with Gasteiger partial charge in [-0.2, -0.15) is 0 Å². The van der Waals surface area contributed by atoms with Crippen molar-refractivity contribution in [3.8, 4) is 0 Å². The van der Waals surface area contributed by atoms with E-state index in [1.807, 2.05) is 114 Å². The molecule has 0 saturated heterocycles. The molecular formula is C40H44O4. The second kappa shape index (κ2) is 17.2. The highest BCUT2D eigenvalue weighted by Crippen LogP contribution is 2.21. The van der Waals surface area contributed by atoms with E-state index >= 15 is 0 Å². The van der Waals surface area contributed by atoms with Crippen LogP contribution in [0.25, 0.3) is 12.2 Å². The minimum Gasteiger partial charge on any atom is -0.478 e. The van der Waals surface area contributed by atoms with E-state index in [9.17, 15) is 19.8 Å². The van der Waals surface area contributed by atoms with Crippen LogP contribution in [0.3, 0.4) is 0 Å². The Labute approximate surface area is 262 Å². The zero-order chi connectivity index (χ0) is 32.8. The third-order valence-electron chi connectivity index (χ3n) is 7.44. The summed E-state index contributed by atoms with van der Waals surface area (Å²) in [6.45, 7) is 15.7. The van der Waals surface area contributed by atoms with Gasteiger partial charge in [0.05, 0.1) is 11.1 Å². The first-order valence-electron chi connectivity index (χ1n) is 14.6. The fraction of sp³-hybridized carbons (Fsp3) is 0.200. The van der Waals surface area contributed by atoms with E-state index in [0.717, 1.165) is 55.7 Å². The Bertz CT molecular complexity index is 1540. The van der Waals surface area contributed by atoms with E-state index < -0.39 is 11.9 Å². The molecule has 0 saturated carbocycles. The summed E-state index contributed by atoms with van der Waals surface area (Å²) in [5, 5.41) is 18.6. The average Bonchev–Trinajstić information content (AvgIpc) is 2.96. The van der Waals surface area contributed by atoms with Gasteiger partial charge in [-0.05, 0) is 101 Å². The second-order valence-corrected chi connectivity index (χ2v) is 10.9. The van der Waals surface area contributed by atoms with Crippen LogP contribution in [0.2, 0.25) is 0 Å². The number of carboxylic acids is 2. The van der Waals surface area contributed by atoms with E-state index in [1.54, 1.807) is 12.1 Å². The van der Waals surface area contributed by atoms with Gasteiger partial charge in [-0.3, -0.25) is 0 Å². The van der Waals surface area contributed by atoms with Crippen LogP contribution in [0.5, 0.6) is 0 Å². The summed E-state index contributed by atoms with van der Waals surface area (Å²) >= 11 is 0. The molecule has 228 valence electrons. The first kappa shape index (κ1) is 35.2. The van der Waals surface area contributed by atoms with Crippen LogP contribution in [0.4, 0.5) is 0 Å². The van der Waals surface area contributed by atoms with Crippen LogP contribution in [0.15, 0.2) is 119 Å². The van der Waals surface area contributed by atoms with Gasteiger partial charge in [0.25, 0.3) is 0 Å². The number of aromatic carboxylic acids is 2. The standard InChI is InChI=1S/C40H44O4/c1-27(15-11-17-29(3)19-21-35-23-25-37(39(41)42)33(7)31(35)5)13-9-10-14-28(2)16-12-18-30(4)20-22-36-24-26-38(40(43)44)34(8)32(36)6/h9-26H,1-8H3,(H,41,42)(H,43,44). The lowest BCUT2D eigenvalue weighted by molar-refractivity contribution is 0.0685. The third kappa shape index (κ3) is 11.0. The van der Waals surface area contributed by atoms with Gasteiger partial charge in [-0.15, -0.1) is 0 Å². The van der Waals surface area contributed by atoms with E-state index in [1.165, 1.54) is 0 Å². The monoisotopic (exact) mass is 588 g/mol. The topological polar surface area (TPSA) is 74.6 Å². The van der Waals surface area contributed by atoms with Crippen LogP contribution in [0.1, 0.15) is 81.8 Å². The first-order chi connectivity index (χ1) is 20.8. The highest BCUT2D eigenvalue weighted by atomic mass is 16.4. The number of carboxylic acid groups (broad SMARTS) is 2. The van der Waals surface area contributed by atoms with Gasteiger partial charge in [-0.25, -0.2) is 9.59 Å². The molecule has 44 heavy (non-hydrogen) atoms. The Kier molecular flexibility index (Phi) is 13.8. The molecular weight excluding hydrogens is 544 g/mol. The highest BCUT2D eigenvalue weighted by molar-refractivity contribution is 5.91. The lowest BCUT2D eigenvalue weighted by Crippen LogP contribution is -2.02. The summed E-state index contributed by atoms with van der Waals surface area (Å²) in [6.07, 6.45) is 28.5. The number of allylic oxidation sites excluding steroid dienone is 16. The van der Waals surface area contributed by atoms with Gasteiger partial charge in [0, 0.05) is 0 Å². The molecule has 0 amide bonds. The summed E-state index contributed by atoms with van der Waals surface area (Å²) < 4.78 is 0. The number of hydrogen-bond donors (Lipinski definition) is 2. The van der Waals surface area contributed by atoms with Crippen LogP contribution in [-0.4, -0.2) is 22.2 Å². The van der Waals surface area contributed by atoms with Crippen LogP contribution in [0, 0.1) is 27.7 Å². The van der Waals surface area contributed by atoms with Gasteiger partial charge in [-0.1, -0.05) is 119 Å². The number of carbonyl (C=O) groups is 2. The van der Waals surface area contributed by atoms with Gasteiger partial charge >= 0.3 is 11.9 Å². The summed E-state index contributed by atoms with van der Waals surface area (Å²) in [4.78, 5) is 22.6. The Morgan fingerprint density at radius 3 is 1.14 bits per heavy atom. The Balaban J connectivity index is 1.92. The van der Waals surface area contributed by atoms with Crippen LogP contribution < -0.4 is 0 Å². The van der Waals surface area contributed by atoms with Crippen LogP contribution >= 0.6 is 0 Å². The minimum absolute atomic E-state index is 0.343. The van der Waals surface area contributed by atoms with Gasteiger partial charge in [0.15, 0.2) is 0 Å². The van der Waals surface area contributed by atoms with E-state index in [4.69, 9.17) is 0 Å². The molecule has 2 aromatic rings. The molecule has 0 aromatic heterocycles. The number of benzene rings is 2. The predicted molar refractivity (Wildman–Crippen MR) is 186 cm³/mol. The van der Waals surface area contributed by atoms with Crippen molar-refractivity contribution in [3.05, 3.63) is 164 Å². The normalized spacial score (nSPS) is 13.9. The van der Waals surface area contributed by atoms with Gasteiger partial charge in [0.1, 0.15) is 0 Å². The maximum Gasteiger partial charge on any atom is 0.335 e. The smallest absolute Gasteiger partial charge is 0.335 e. The van der Waals surface area contributed by atoms with Crippen molar-refractivity contribution in [1.82, 2.24) is 0 Å². The molecule has 0 bridgehead atoms. The number of rotatable bonds is 12. The molecule has 0 spiro atoms. The summed E-state index contributed by atoms with van der Waals surface area (Å²) in [6, 6.07) is 7.01. The fourth-order valence-electron chi connectivity index (χ4n) is 4.29. The molecule has 2 aromatic carbocycles. The summed E-state index contributed by atoms with van der Waals surface area (Å²) in [5.41, 5.74) is 10.7. The molecule has 0 aliphatic heterocycles. The molecule has 0 fully saturated rings. The van der Waals surface area contributed by atoms with Gasteiger partial charge in [0.2, 0.25) is 0 Å². The molecule has 2 rings (SSSR count). The van der Waals surface area contributed by atoms with E-state index in [-0.39, 0.29) is 0 Å². The van der Waals surface area contributed by atoms with Crippen molar-refractivity contribution >= 4 is 24.1 Å². The highest BCUT2D eigenvalue weighted by Gasteiger charge is 2.11. The van der Waals surface area contributed by atoms with Crippen molar-refractivity contribution in [3.63, 3.8) is 0 Å². The first-order valence-corrected chi connectivity index (χ1v) is 14.6. The zero-order valence-electron chi connectivity index (χ0n) is 27.1. The minimum atomic E-state index is -0.900. The van der Waals surface area contributed by atoms with Crippen molar-refractivity contribution in [1.29, 1.82) is 0 Å². The third-order valence-corrected chi connectivity index (χ3v) is 7.44. The lowest BCUT2D eigenvalue weighted by atomic mass is 9.97. The SMILES string of the molecule is CC(C=CC=C(C)C=Cc1ccc(C(=O)O)c(C)c1C)=CC=CC=C(C)C=CC=C(C)C=Cc1ccc(C(=O)O)c(C)c1C. The predicted octanol–water partition coefficient (Wildman–Crippen LogP) is 10.5. The average molecular weight is 589 g/mol. The number of hydrogen-bond acceptors (Lipinski definition) is 2. The fourth-order valence-corrected chi connectivity index (χ4v) is 4.29. The molecule has 2 N–H and O–H groups in total. The van der Waals surface area contributed by atoms with Crippen molar-refractivity contribution in [2.45, 2.75) is 55.4 Å². The largest absolute Gasteiger partial charge is 0.478 e. The molecule has 4 heteroatoms. The molecule has 0 radical (unpaired) electrons. The second-order valence-electron chi connectivity index (χ2n) is 10.9.